The van der Waals surface area contributed by atoms with Gasteiger partial charge in [-0.2, -0.15) is 0 Å². The third-order valence-corrected chi connectivity index (χ3v) is 4.57. The van der Waals surface area contributed by atoms with Crippen LogP contribution in [-0.4, -0.2) is 34.5 Å². The molecule has 1 amide bonds. The zero-order valence-corrected chi connectivity index (χ0v) is 18.4. The summed E-state index contributed by atoms with van der Waals surface area (Å²) in [6.45, 7) is 0. The van der Waals surface area contributed by atoms with Crippen LogP contribution in [0.15, 0.2) is 60.7 Å². The minimum atomic E-state index is -0.611. The normalized spacial score (nSPS) is 10.5. The molecule has 1 N–H and O–H groups in total. The number of benzene rings is 3. The van der Waals surface area contributed by atoms with E-state index in [9.17, 15) is 4.79 Å². The molecule has 0 aliphatic carbocycles. The van der Waals surface area contributed by atoms with Crippen molar-refractivity contribution in [3.8, 4) is 28.7 Å². The molecule has 0 fully saturated rings. The van der Waals surface area contributed by atoms with Gasteiger partial charge in [-0.15, -0.1) is 0 Å². The van der Waals surface area contributed by atoms with Gasteiger partial charge in [0.2, 0.25) is 5.75 Å². The van der Waals surface area contributed by atoms with Gasteiger partial charge in [0.15, 0.2) is 11.5 Å². The molecule has 32 heavy (non-hydrogen) atoms. The monoisotopic (exact) mass is 435 g/mol. The molecular formula is C25H25NO6. The number of methoxy groups -OCH3 is 4. The first kappa shape index (κ1) is 22.6. The van der Waals surface area contributed by atoms with Crippen molar-refractivity contribution in [3.05, 3.63) is 71.8 Å². The van der Waals surface area contributed by atoms with E-state index < -0.39 is 6.09 Å². The summed E-state index contributed by atoms with van der Waals surface area (Å²) in [6, 6.07) is 18.0. The van der Waals surface area contributed by atoms with Gasteiger partial charge in [0, 0.05) is 0 Å². The predicted molar refractivity (Wildman–Crippen MR) is 124 cm³/mol. The molecule has 0 spiro atoms. The minimum absolute atomic E-state index is 0.447. The Morgan fingerprint density at radius 3 is 1.94 bits per heavy atom. The number of anilines is 1. The van der Waals surface area contributed by atoms with Crippen molar-refractivity contribution in [2.45, 2.75) is 0 Å². The third-order valence-electron chi connectivity index (χ3n) is 4.57. The van der Waals surface area contributed by atoms with E-state index in [0.717, 1.165) is 11.1 Å². The van der Waals surface area contributed by atoms with Crippen LogP contribution in [0.3, 0.4) is 0 Å². The standard InChI is InChI=1S/C25H25NO6/c1-28-21-13-12-17(14-20(21)26-25(27)32-19-8-6-5-7-9-19)10-11-18-15-22(29-2)24(31-4)23(16-18)30-3/h5-16H,1-4H3,(H,26,27)/b11-10-. The molecule has 0 aliphatic rings. The van der Waals surface area contributed by atoms with Crippen molar-refractivity contribution in [3.63, 3.8) is 0 Å². The van der Waals surface area contributed by atoms with Crippen molar-refractivity contribution < 1.29 is 28.5 Å². The largest absolute Gasteiger partial charge is 0.495 e. The third kappa shape index (κ3) is 5.51. The van der Waals surface area contributed by atoms with Gasteiger partial charge in [0.05, 0.1) is 34.1 Å². The second-order valence-corrected chi connectivity index (χ2v) is 6.58. The molecule has 0 aromatic heterocycles. The fraction of sp³-hybridized carbons (Fsp3) is 0.160. The summed E-state index contributed by atoms with van der Waals surface area (Å²) >= 11 is 0. The van der Waals surface area contributed by atoms with Crippen LogP contribution in [0.5, 0.6) is 28.7 Å². The predicted octanol–water partition coefficient (Wildman–Crippen LogP) is 5.50. The Labute approximate surface area is 187 Å². The quantitative estimate of drug-likeness (QED) is 0.471. The molecule has 7 nitrogen and oxygen atoms in total. The lowest BCUT2D eigenvalue weighted by Crippen LogP contribution is -2.17. The Balaban J connectivity index is 1.82. The van der Waals surface area contributed by atoms with Crippen LogP contribution < -0.4 is 29.0 Å². The highest BCUT2D eigenvalue weighted by molar-refractivity contribution is 5.89. The van der Waals surface area contributed by atoms with Gasteiger partial charge in [-0.25, -0.2) is 4.79 Å². The first-order chi connectivity index (χ1) is 15.6. The van der Waals surface area contributed by atoms with Crippen molar-refractivity contribution in [2.24, 2.45) is 0 Å². The molecule has 0 atom stereocenters. The highest BCUT2D eigenvalue weighted by Crippen LogP contribution is 2.38. The van der Waals surface area contributed by atoms with E-state index in [-0.39, 0.29) is 0 Å². The SMILES string of the molecule is COc1ccc(/C=C\c2cc(OC)c(OC)c(OC)c2)cc1NC(=O)Oc1ccccc1. The molecule has 0 unspecified atom stereocenters. The summed E-state index contributed by atoms with van der Waals surface area (Å²) in [7, 11) is 6.24. The highest BCUT2D eigenvalue weighted by atomic mass is 16.6. The lowest BCUT2D eigenvalue weighted by molar-refractivity contribution is 0.215. The highest BCUT2D eigenvalue weighted by Gasteiger charge is 2.13. The van der Waals surface area contributed by atoms with E-state index in [4.69, 9.17) is 23.7 Å². The van der Waals surface area contributed by atoms with Crippen molar-refractivity contribution in [2.75, 3.05) is 33.8 Å². The molecule has 0 radical (unpaired) electrons. The van der Waals surface area contributed by atoms with Gasteiger partial charge in [-0.05, 0) is 47.5 Å². The van der Waals surface area contributed by atoms with Crippen LogP contribution >= 0.6 is 0 Å². The van der Waals surface area contributed by atoms with Crippen molar-refractivity contribution >= 4 is 23.9 Å². The summed E-state index contributed by atoms with van der Waals surface area (Å²) in [6.07, 6.45) is 3.19. The Kier molecular flexibility index (Phi) is 7.59. The minimum Gasteiger partial charge on any atom is -0.495 e. The van der Waals surface area contributed by atoms with Gasteiger partial charge < -0.3 is 23.7 Å². The number of carbonyl (C=O) groups excluding carboxylic acids is 1. The summed E-state index contributed by atoms with van der Waals surface area (Å²) in [5.41, 5.74) is 2.18. The Morgan fingerprint density at radius 1 is 0.719 bits per heavy atom. The fourth-order valence-corrected chi connectivity index (χ4v) is 3.05. The molecule has 3 rings (SSSR count). The van der Waals surface area contributed by atoms with Crippen LogP contribution in [0.25, 0.3) is 12.2 Å². The summed E-state index contributed by atoms with van der Waals surface area (Å²) in [5.74, 6) is 2.61. The van der Waals surface area contributed by atoms with E-state index in [1.807, 2.05) is 36.4 Å². The molecule has 3 aromatic carbocycles. The topological polar surface area (TPSA) is 75.3 Å². The molecule has 166 valence electrons. The second-order valence-electron chi connectivity index (χ2n) is 6.58. The molecule has 0 heterocycles. The second kappa shape index (κ2) is 10.8. The molecule has 7 heteroatoms. The number of hydrogen-bond donors (Lipinski definition) is 1. The average Bonchev–Trinajstić information content (AvgIpc) is 2.82. The summed E-state index contributed by atoms with van der Waals surface area (Å²) in [4.78, 5) is 12.3. The molecule has 3 aromatic rings. The maximum absolute atomic E-state index is 12.3. The van der Waals surface area contributed by atoms with Gasteiger partial charge in [-0.3, -0.25) is 5.32 Å². The van der Waals surface area contributed by atoms with E-state index >= 15 is 0 Å². The lowest BCUT2D eigenvalue weighted by atomic mass is 10.1. The first-order valence-corrected chi connectivity index (χ1v) is 9.78. The molecule has 0 saturated heterocycles. The number of carbonyl (C=O) groups is 1. The summed E-state index contributed by atoms with van der Waals surface area (Å²) < 4.78 is 26.8. The number of nitrogens with one attached hydrogen (secondary N) is 1. The van der Waals surface area contributed by atoms with Crippen LogP contribution in [-0.2, 0) is 0 Å². The van der Waals surface area contributed by atoms with Crippen molar-refractivity contribution in [1.82, 2.24) is 0 Å². The lowest BCUT2D eigenvalue weighted by Gasteiger charge is -2.13. The van der Waals surface area contributed by atoms with E-state index in [1.165, 1.54) is 7.11 Å². The molecule has 0 aliphatic heterocycles. The number of rotatable bonds is 8. The van der Waals surface area contributed by atoms with E-state index in [0.29, 0.717) is 34.4 Å². The maximum atomic E-state index is 12.3. The van der Waals surface area contributed by atoms with Gasteiger partial charge in [0.25, 0.3) is 0 Å². The van der Waals surface area contributed by atoms with Crippen LogP contribution in [0.1, 0.15) is 11.1 Å². The molecule has 0 bridgehead atoms. The number of para-hydroxylation sites is 1. The van der Waals surface area contributed by atoms with Crippen LogP contribution in [0, 0.1) is 0 Å². The molecular weight excluding hydrogens is 410 g/mol. The number of ether oxygens (including phenoxy) is 5. The smallest absolute Gasteiger partial charge is 0.417 e. The summed E-state index contributed by atoms with van der Waals surface area (Å²) in [5, 5.41) is 2.72. The van der Waals surface area contributed by atoms with Crippen molar-refractivity contribution in [1.29, 1.82) is 0 Å². The van der Waals surface area contributed by atoms with Gasteiger partial charge in [0.1, 0.15) is 11.5 Å². The van der Waals surface area contributed by atoms with Crippen LogP contribution in [0.4, 0.5) is 10.5 Å². The molecule has 0 saturated carbocycles. The zero-order chi connectivity index (χ0) is 22.9. The van der Waals surface area contributed by atoms with Gasteiger partial charge in [-0.1, -0.05) is 36.4 Å². The Morgan fingerprint density at radius 2 is 1.34 bits per heavy atom. The van der Waals surface area contributed by atoms with Crippen LogP contribution in [0.2, 0.25) is 0 Å². The first-order valence-electron chi connectivity index (χ1n) is 9.78. The Bertz CT molecular complexity index is 1070. The number of amides is 1. The average molecular weight is 435 g/mol. The van der Waals surface area contributed by atoms with E-state index in [1.54, 1.807) is 57.7 Å². The Hall–Kier alpha value is -4.13. The fourth-order valence-electron chi connectivity index (χ4n) is 3.05. The maximum Gasteiger partial charge on any atom is 0.417 e. The van der Waals surface area contributed by atoms with E-state index in [2.05, 4.69) is 5.32 Å². The van der Waals surface area contributed by atoms with Gasteiger partial charge >= 0.3 is 6.09 Å². The number of hydrogen-bond acceptors (Lipinski definition) is 6. The zero-order valence-electron chi connectivity index (χ0n) is 18.4.